The Hall–Kier alpha value is -2.76. The number of hydrogen-bond acceptors (Lipinski definition) is 2. The quantitative estimate of drug-likeness (QED) is 0.877. The van der Waals surface area contributed by atoms with E-state index in [0.29, 0.717) is 18.3 Å². The number of benzene rings is 2. The second-order valence-electron chi connectivity index (χ2n) is 7.38. The third-order valence-electron chi connectivity index (χ3n) is 4.30. The van der Waals surface area contributed by atoms with Gasteiger partial charge in [-0.2, -0.15) is 0 Å². The van der Waals surface area contributed by atoms with Gasteiger partial charge in [0.05, 0.1) is 5.56 Å². The Balaban J connectivity index is 1.85. The first-order valence-corrected chi connectivity index (χ1v) is 8.38. The molecule has 4 nitrogen and oxygen atoms in total. The third kappa shape index (κ3) is 3.45. The van der Waals surface area contributed by atoms with E-state index in [1.807, 2.05) is 26.8 Å². The molecule has 0 spiro atoms. The molecule has 0 radical (unpaired) electrons. The zero-order valence-corrected chi connectivity index (χ0v) is 14.9. The van der Waals surface area contributed by atoms with Gasteiger partial charge >= 0.3 is 0 Å². The van der Waals surface area contributed by atoms with Crippen LogP contribution in [0.1, 0.15) is 36.7 Å². The third-order valence-corrected chi connectivity index (χ3v) is 4.30. The van der Waals surface area contributed by atoms with Gasteiger partial charge in [-0.25, -0.2) is 8.78 Å². The molecule has 6 heteroatoms. The summed E-state index contributed by atoms with van der Waals surface area (Å²) in [7, 11) is 0. The summed E-state index contributed by atoms with van der Waals surface area (Å²) in [5.41, 5.74) is 1.47. The zero-order chi connectivity index (χ0) is 19.1. The van der Waals surface area contributed by atoms with Crippen LogP contribution in [0.2, 0.25) is 0 Å². The molecule has 1 N–H and O–H groups in total. The summed E-state index contributed by atoms with van der Waals surface area (Å²) in [6, 6.07) is 8.07. The van der Waals surface area contributed by atoms with Gasteiger partial charge in [-0.3, -0.25) is 9.59 Å². The van der Waals surface area contributed by atoms with Gasteiger partial charge in [0.15, 0.2) is 0 Å². The molecule has 0 aliphatic carbocycles. The Bertz CT molecular complexity index is 888. The van der Waals surface area contributed by atoms with E-state index in [1.54, 1.807) is 17.0 Å². The molecule has 1 aliphatic heterocycles. The lowest BCUT2D eigenvalue weighted by Crippen LogP contribution is -2.38. The van der Waals surface area contributed by atoms with Crippen LogP contribution in [0.3, 0.4) is 0 Å². The molecule has 1 aliphatic rings. The van der Waals surface area contributed by atoms with Crippen LogP contribution >= 0.6 is 0 Å². The molecule has 0 saturated carbocycles. The maximum Gasteiger partial charge on any atom is 0.258 e. The van der Waals surface area contributed by atoms with Gasteiger partial charge in [0, 0.05) is 29.4 Å². The van der Waals surface area contributed by atoms with Crippen LogP contribution in [0, 0.1) is 17.0 Å². The lowest BCUT2D eigenvalue weighted by atomic mass is 9.94. The van der Waals surface area contributed by atoms with Crippen LogP contribution < -0.4 is 10.2 Å². The van der Waals surface area contributed by atoms with Crippen LogP contribution in [-0.4, -0.2) is 18.4 Å². The molecule has 0 bridgehead atoms. The lowest BCUT2D eigenvalue weighted by Gasteiger charge is -2.26. The first-order valence-electron chi connectivity index (χ1n) is 8.38. The fourth-order valence-corrected chi connectivity index (χ4v) is 2.94. The number of carbonyl (C=O) groups is 2. The van der Waals surface area contributed by atoms with E-state index in [9.17, 15) is 18.4 Å². The SMILES string of the molecule is CC(C)(C)C(=O)N1CCc2ccc(NC(=O)c3ccc(F)cc3F)cc21. The van der Waals surface area contributed by atoms with Gasteiger partial charge in [-0.15, -0.1) is 0 Å². The minimum Gasteiger partial charge on any atom is -0.322 e. The Kier molecular flexibility index (Phi) is 4.52. The number of amides is 2. The summed E-state index contributed by atoms with van der Waals surface area (Å²) in [6.07, 6.45) is 0.748. The highest BCUT2D eigenvalue weighted by Gasteiger charge is 2.32. The number of hydrogen-bond donors (Lipinski definition) is 1. The van der Waals surface area contributed by atoms with Crippen molar-refractivity contribution in [3.8, 4) is 0 Å². The molecule has 0 atom stereocenters. The van der Waals surface area contributed by atoms with Gasteiger partial charge in [0.1, 0.15) is 11.6 Å². The van der Waals surface area contributed by atoms with Crippen LogP contribution in [0.15, 0.2) is 36.4 Å². The normalized spacial score (nSPS) is 13.5. The maximum atomic E-state index is 13.8. The summed E-state index contributed by atoms with van der Waals surface area (Å²) >= 11 is 0. The summed E-state index contributed by atoms with van der Waals surface area (Å²) in [5, 5.41) is 2.61. The standard InChI is InChI=1S/C20H20F2N2O2/c1-20(2,3)19(26)24-9-8-12-4-6-14(11-17(12)24)23-18(25)15-7-5-13(21)10-16(15)22/h4-7,10-11H,8-9H2,1-3H3,(H,23,25). The molecule has 2 aromatic carbocycles. The Morgan fingerprint density at radius 3 is 2.46 bits per heavy atom. The van der Waals surface area contributed by atoms with Crippen molar-refractivity contribution in [2.24, 2.45) is 5.41 Å². The average molecular weight is 358 g/mol. The van der Waals surface area contributed by atoms with Crippen molar-refractivity contribution in [1.82, 2.24) is 0 Å². The van der Waals surface area contributed by atoms with Crippen LogP contribution in [0.4, 0.5) is 20.2 Å². The van der Waals surface area contributed by atoms with Crippen molar-refractivity contribution < 1.29 is 18.4 Å². The van der Waals surface area contributed by atoms with Crippen molar-refractivity contribution in [2.75, 3.05) is 16.8 Å². The largest absolute Gasteiger partial charge is 0.322 e. The Morgan fingerprint density at radius 2 is 1.81 bits per heavy atom. The average Bonchev–Trinajstić information content (AvgIpc) is 2.96. The summed E-state index contributed by atoms with van der Waals surface area (Å²) in [5.74, 6) is -2.33. The first kappa shape index (κ1) is 18.0. The van der Waals surface area contributed by atoms with Gasteiger partial charge in [0.25, 0.3) is 5.91 Å². The van der Waals surface area contributed by atoms with Crippen LogP contribution in [-0.2, 0) is 11.2 Å². The molecule has 1 heterocycles. The van der Waals surface area contributed by atoms with E-state index in [-0.39, 0.29) is 11.5 Å². The topological polar surface area (TPSA) is 49.4 Å². The molecule has 0 fully saturated rings. The van der Waals surface area contributed by atoms with Gasteiger partial charge < -0.3 is 10.2 Å². The van der Waals surface area contributed by atoms with Crippen molar-refractivity contribution in [2.45, 2.75) is 27.2 Å². The van der Waals surface area contributed by atoms with Gasteiger partial charge in [-0.1, -0.05) is 26.8 Å². The van der Waals surface area contributed by atoms with E-state index in [2.05, 4.69) is 5.32 Å². The van der Waals surface area contributed by atoms with Gasteiger partial charge in [-0.05, 0) is 36.2 Å². The highest BCUT2D eigenvalue weighted by atomic mass is 19.1. The molecule has 26 heavy (non-hydrogen) atoms. The predicted molar refractivity (Wildman–Crippen MR) is 96.3 cm³/mol. The molecule has 3 rings (SSSR count). The second kappa shape index (κ2) is 6.52. The number of rotatable bonds is 2. The number of nitrogens with one attached hydrogen (secondary N) is 1. The second-order valence-corrected chi connectivity index (χ2v) is 7.38. The highest BCUT2D eigenvalue weighted by molar-refractivity contribution is 6.05. The summed E-state index contributed by atoms with van der Waals surface area (Å²) in [6.45, 7) is 6.16. The van der Waals surface area contributed by atoms with Crippen molar-refractivity contribution in [1.29, 1.82) is 0 Å². The molecule has 2 amide bonds. The number of anilines is 2. The fourth-order valence-electron chi connectivity index (χ4n) is 2.94. The highest BCUT2D eigenvalue weighted by Crippen LogP contribution is 2.34. The minimum atomic E-state index is -0.923. The molecule has 0 unspecified atom stereocenters. The zero-order valence-electron chi connectivity index (χ0n) is 14.9. The number of carbonyl (C=O) groups excluding carboxylic acids is 2. The van der Waals surface area contributed by atoms with Crippen LogP contribution in [0.5, 0.6) is 0 Å². The van der Waals surface area contributed by atoms with E-state index < -0.39 is 23.0 Å². The van der Waals surface area contributed by atoms with E-state index in [0.717, 1.165) is 29.8 Å². The monoisotopic (exact) mass is 358 g/mol. The van der Waals surface area contributed by atoms with Crippen molar-refractivity contribution in [3.63, 3.8) is 0 Å². The first-order chi connectivity index (χ1) is 12.2. The van der Waals surface area contributed by atoms with E-state index >= 15 is 0 Å². The number of nitrogens with zero attached hydrogens (tertiary/aromatic N) is 1. The van der Waals surface area contributed by atoms with Crippen molar-refractivity contribution in [3.05, 3.63) is 59.2 Å². The summed E-state index contributed by atoms with van der Waals surface area (Å²) in [4.78, 5) is 26.6. The molecular weight excluding hydrogens is 338 g/mol. The Labute approximate surface area is 150 Å². The summed E-state index contributed by atoms with van der Waals surface area (Å²) < 4.78 is 26.8. The van der Waals surface area contributed by atoms with E-state index in [1.165, 1.54) is 0 Å². The number of halogens is 2. The molecule has 2 aromatic rings. The van der Waals surface area contributed by atoms with Gasteiger partial charge in [0.2, 0.25) is 5.91 Å². The maximum absolute atomic E-state index is 13.8. The van der Waals surface area contributed by atoms with Crippen LogP contribution in [0.25, 0.3) is 0 Å². The predicted octanol–water partition coefficient (Wildman–Crippen LogP) is 4.15. The Morgan fingerprint density at radius 1 is 1.08 bits per heavy atom. The minimum absolute atomic E-state index is 0.00399. The molecular formula is C20H20F2N2O2. The fraction of sp³-hybridized carbons (Fsp3) is 0.300. The number of fused-ring (bicyclic) bond motifs is 1. The molecule has 136 valence electrons. The lowest BCUT2D eigenvalue weighted by molar-refractivity contribution is -0.125. The van der Waals surface area contributed by atoms with Crippen molar-refractivity contribution >= 4 is 23.2 Å². The van der Waals surface area contributed by atoms with E-state index in [4.69, 9.17) is 0 Å². The smallest absolute Gasteiger partial charge is 0.258 e. The molecule has 0 saturated heterocycles. The molecule has 0 aromatic heterocycles.